The van der Waals surface area contributed by atoms with Gasteiger partial charge in [0.25, 0.3) is 0 Å². The third kappa shape index (κ3) is 6.02. The summed E-state index contributed by atoms with van der Waals surface area (Å²) in [5.41, 5.74) is 2.67. The molecule has 0 bridgehead atoms. The van der Waals surface area contributed by atoms with Crippen molar-refractivity contribution in [1.29, 1.82) is 0 Å². The summed E-state index contributed by atoms with van der Waals surface area (Å²) in [6, 6.07) is 22.5. The highest BCUT2D eigenvalue weighted by Gasteiger charge is 2.16. The molecule has 4 nitrogen and oxygen atoms in total. The van der Waals surface area contributed by atoms with Gasteiger partial charge in [-0.2, -0.15) is 8.42 Å². The quantitative estimate of drug-likeness (QED) is 0.408. The molecular weight excluding hydrogens is 384 g/mol. The molecule has 0 spiro atoms. The van der Waals surface area contributed by atoms with E-state index in [0.717, 1.165) is 16.7 Å². The number of rotatable bonds is 7. The molecule has 0 saturated carbocycles. The van der Waals surface area contributed by atoms with Crippen molar-refractivity contribution < 1.29 is 17.4 Å². The highest BCUT2D eigenvalue weighted by molar-refractivity contribution is 7.87. The van der Waals surface area contributed by atoms with Gasteiger partial charge in [-0.3, -0.25) is 4.79 Å². The van der Waals surface area contributed by atoms with Crippen LogP contribution in [-0.4, -0.2) is 14.2 Å². The molecule has 0 saturated heterocycles. The molecule has 0 amide bonds. The minimum Gasteiger partial charge on any atom is -0.379 e. The molecule has 146 valence electrons. The SMILES string of the molecule is Cc1ccc(S(=O)(=O)Oc2ccc(/C=C/C(=O)/C=C/c3ccccc3)cc2)cc1. The number of ketones is 1. The molecule has 0 atom stereocenters. The van der Waals surface area contributed by atoms with E-state index in [1.807, 2.05) is 37.3 Å². The number of carbonyl (C=O) groups excluding carboxylic acids is 1. The average molecular weight is 404 g/mol. The van der Waals surface area contributed by atoms with E-state index in [2.05, 4.69) is 0 Å². The lowest BCUT2D eigenvalue weighted by Crippen LogP contribution is -2.09. The minimum absolute atomic E-state index is 0.0999. The van der Waals surface area contributed by atoms with E-state index in [0.29, 0.717) is 0 Å². The Labute approximate surface area is 170 Å². The van der Waals surface area contributed by atoms with E-state index in [1.165, 1.54) is 24.3 Å². The Morgan fingerprint density at radius 2 is 1.31 bits per heavy atom. The molecule has 0 aliphatic rings. The van der Waals surface area contributed by atoms with Gasteiger partial charge in [0.05, 0.1) is 0 Å². The topological polar surface area (TPSA) is 60.4 Å². The van der Waals surface area contributed by atoms with Crippen molar-refractivity contribution in [2.75, 3.05) is 0 Å². The Hall–Kier alpha value is -3.44. The summed E-state index contributed by atoms with van der Waals surface area (Å²) in [6.45, 7) is 1.88. The zero-order valence-electron chi connectivity index (χ0n) is 15.9. The third-order valence-electron chi connectivity index (χ3n) is 4.08. The number of carbonyl (C=O) groups is 1. The second-order valence-corrected chi connectivity index (χ2v) is 7.95. The van der Waals surface area contributed by atoms with Gasteiger partial charge in [0.2, 0.25) is 0 Å². The van der Waals surface area contributed by atoms with Gasteiger partial charge in [0.1, 0.15) is 10.6 Å². The van der Waals surface area contributed by atoms with Crippen molar-refractivity contribution in [3.8, 4) is 5.75 Å². The van der Waals surface area contributed by atoms with Crippen LogP contribution in [0.25, 0.3) is 12.2 Å². The summed E-state index contributed by atoms with van der Waals surface area (Å²) in [5.74, 6) is 0.0640. The van der Waals surface area contributed by atoms with E-state index in [1.54, 1.807) is 48.6 Å². The lowest BCUT2D eigenvalue weighted by atomic mass is 10.1. The van der Waals surface area contributed by atoms with E-state index >= 15 is 0 Å². The van der Waals surface area contributed by atoms with Crippen molar-refractivity contribution in [2.45, 2.75) is 11.8 Å². The second-order valence-electron chi connectivity index (χ2n) is 6.40. The smallest absolute Gasteiger partial charge is 0.339 e. The molecule has 3 aromatic rings. The maximum Gasteiger partial charge on any atom is 0.339 e. The summed E-state index contributed by atoms with van der Waals surface area (Å²) in [4.78, 5) is 12.0. The Morgan fingerprint density at radius 1 is 0.759 bits per heavy atom. The molecule has 0 N–H and O–H groups in total. The van der Waals surface area contributed by atoms with Crippen LogP contribution in [0, 0.1) is 6.92 Å². The minimum atomic E-state index is -3.88. The number of hydrogen-bond donors (Lipinski definition) is 0. The maximum absolute atomic E-state index is 12.3. The molecule has 3 rings (SSSR count). The van der Waals surface area contributed by atoms with Crippen LogP contribution in [0.4, 0.5) is 0 Å². The Balaban J connectivity index is 1.62. The van der Waals surface area contributed by atoms with Crippen LogP contribution >= 0.6 is 0 Å². The van der Waals surface area contributed by atoms with Gasteiger partial charge in [-0.15, -0.1) is 0 Å². The second kappa shape index (κ2) is 9.17. The summed E-state index contributed by atoms with van der Waals surface area (Å²) in [6.07, 6.45) is 6.37. The number of hydrogen-bond acceptors (Lipinski definition) is 4. The molecule has 0 radical (unpaired) electrons. The monoisotopic (exact) mass is 404 g/mol. The first kappa shape index (κ1) is 20.3. The molecule has 0 fully saturated rings. The predicted molar refractivity (Wildman–Crippen MR) is 115 cm³/mol. The summed E-state index contributed by atoms with van der Waals surface area (Å²) < 4.78 is 29.8. The maximum atomic E-state index is 12.3. The van der Waals surface area contributed by atoms with Gasteiger partial charge in [-0.25, -0.2) is 0 Å². The van der Waals surface area contributed by atoms with Gasteiger partial charge < -0.3 is 4.18 Å². The Morgan fingerprint density at radius 3 is 1.90 bits per heavy atom. The molecule has 29 heavy (non-hydrogen) atoms. The highest BCUT2D eigenvalue weighted by atomic mass is 32.2. The van der Waals surface area contributed by atoms with Crippen molar-refractivity contribution in [2.24, 2.45) is 0 Å². The molecule has 0 aliphatic carbocycles. The van der Waals surface area contributed by atoms with E-state index in [-0.39, 0.29) is 16.4 Å². The average Bonchev–Trinajstić information content (AvgIpc) is 2.72. The largest absolute Gasteiger partial charge is 0.379 e. The van der Waals surface area contributed by atoms with Crippen molar-refractivity contribution in [1.82, 2.24) is 0 Å². The fourth-order valence-electron chi connectivity index (χ4n) is 2.49. The zero-order valence-corrected chi connectivity index (χ0v) is 16.7. The molecule has 3 aromatic carbocycles. The fraction of sp³-hybridized carbons (Fsp3) is 0.0417. The van der Waals surface area contributed by atoms with Gasteiger partial charge in [-0.05, 0) is 54.5 Å². The summed E-state index contributed by atoms with van der Waals surface area (Å²) in [7, 11) is -3.88. The van der Waals surface area contributed by atoms with Crippen LogP contribution in [0.3, 0.4) is 0 Å². The summed E-state index contributed by atoms with van der Waals surface area (Å²) >= 11 is 0. The standard InChI is InChI=1S/C24H20O4S/c1-19-7-17-24(18-8-19)29(26,27)28-23-15-11-21(12-16-23)10-14-22(25)13-9-20-5-3-2-4-6-20/h2-18H,1H3/b13-9+,14-10+. The van der Waals surface area contributed by atoms with Crippen LogP contribution in [0.5, 0.6) is 5.75 Å². The highest BCUT2D eigenvalue weighted by Crippen LogP contribution is 2.20. The first-order valence-corrected chi connectivity index (χ1v) is 10.4. The van der Waals surface area contributed by atoms with Crippen LogP contribution in [-0.2, 0) is 14.9 Å². The molecule has 5 heteroatoms. The van der Waals surface area contributed by atoms with Gasteiger partial charge in [-0.1, -0.05) is 72.3 Å². The normalized spacial score (nSPS) is 11.8. The van der Waals surface area contributed by atoms with Crippen molar-refractivity contribution in [3.63, 3.8) is 0 Å². The van der Waals surface area contributed by atoms with Crippen molar-refractivity contribution >= 4 is 28.1 Å². The molecule has 0 aliphatic heterocycles. The third-order valence-corrected chi connectivity index (χ3v) is 5.34. The summed E-state index contributed by atoms with van der Waals surface area (Å²) in [5, 5.41) is 0. The number of benzene rings is 3. The lowest BCUT2D eigenvalue weighted by molar-refractivity contribution is -0.110. The molecule has 0 unspecified atom stereocenters. The van der Waals surface area contributed by atoms with Crippen LogP contribution in [0.2, 0.25) is 0 Å². The van der Waals surface area contributed by atoms with Gasteiger partial charge in [0.15, 0.2) is 5.78 Å². The van der Waals surface area contributed by atoms with E-state index in [4.69, 9.17) is 4.18 Å². The molecule has 0 aromatic heterocycles. The first-order chi connectivity index (χ1) is 13.9. The number of aryl methyl sites for hydroxylation is 1. The predicted octanol–water partition coefficient (Wildman–Crippen LogP) is 5.06. The van der Waals surface area contributed by atoms with Crippen LogP contribution in [0.15, 0.2) is 95.9 Å². The molecule has 0 heterocycles. The molecular formula is C24H20O4S. The Bertz CT molecular complexity index is 1130. The fourth-order valence-corrected chi connectivity index (χ4v) is 3.42. The lowest BCUT2D eigenvalue weighted by Gasteiger charge is -2.07. The van der Waals surface area contributed by atoms with Gasteiger partial charge in [0, 0.05) is 0 Å². The number of allylic oxidation sites excluding steroid dienone is 2. The van der Waals surface area contributed by atoms with E-state index in [9.17, 15) is 13.2 Å². The zero-order chi connectivity index (χ0) is 20.7. The van der Waals surface area contributed by atoms with E-state index < -0.39 is 10.1 Å². The van der Waals surface area contributed by atoms with Crippen LogP contribution < -0.4 is 4.18 Å². The Kier molecular flexibility index (Phi) is 6.42. The van der Waals surface area contributed by atoms with Crippen LogP contribution in [0.1, 0.15) is 16.7 Å². The van der Waals surface area contributed by atoms with Crippen molar-refractivity contribution in [3.05, 3.63) is 108 Å². The first-order valence-electron chi connectivity index (χ1n) is 8.99. The van der Waals surface area contributed by atoms with Gasteiger partial charge >= 0.3 is 10.1 Å².